The molecule has 0 aliphatic carbocycles. The van der Waals surface area contributed by atoms with Gasteiger partial charge in [-0.1, -0.05) is 0 Å². The van der Waals surface area contributed by atoms with Crippen LogP contribution >= 0.6 is 0 Å². The van der Waals surface area contributed by atoms with Crippen molar-refractivity contribution >= 4 is 12.1 Å². The lowest BCUT2D eigenvalue weighted by molar-refractivity contribution is -0.126. The highest BCUT2D eigenvalue weighted by Gasteiger charge is 2.17. The van der Waals surface area contributed by atoms with Crippen LogP contribution in [0.25, 0.3) is 0 Å². The molecule has 2 rings (SSSR count). The third kappa shape index (κ3) is 3.23. The second kappa shape index (κ2) is 5.89. The standard InChI is InChI=1S/C11H16N2O3/c14-11-10(2-1-3-12-11)16-9-6-13-4-7-15-8-5-13/h1-3,10H,4-9H2. The summed E-state index contributed by atoms with van der Waals surface area (Å²) >= 11 is 0. The average molecular weight is 224 g/mol. The predicted molar refractivity (Wildman–Crippen MR) is 59.6 cm³/mol. The van der Waals surface area contributed by atoms with Crippen molar-refractivity contribution in [2.75, 3.05) is 39.5 Å². The van der Waals surface area contributed by atoms with Gasteiger partial charge in [-0.2, -0.15) is 0 Å². The van der Waals surface area contributed by atoms with Crippen molar-refractivity contribution in [1.29, 1.82) is 0 Å². The molecule has 1 atom stereocenters. The molecule has 88 valence electrons. The molecule has 0 radical (unpaired) electrons. The van der Waals surface area contributed by atoms with Crippen LogP contribution < -0.4 is 0 Å². The molecule has 2 heterocycles. The molecule has 2 aliphatic heterocycles. The molecule has 0 spiro atoms. The number of rotatable bonds is 4. The minimum atomic E-state index is -0.494. The van der Waals surface area contributed by atoms with Gasteiger partial charge in [-0.15, -0.1) is 0 Å². The van der Waals surface area contributed by atoms with E-state index >= 15 is 0 Å². The Kier molecular flexibility index (Phi) is 4.21. The third-order valence-electron chi connectivity index (χ3n) is 2.63. The van der Waals surface area contributed by atoms with Crippen molar-refractivity contribution in [3.05, 3.63) is 12.2 Å². The summed E-state index contributed by atoms with van der Waals surface area (Å²) in [6.07, 6.45) is 4.46. The molecule has 0 bridgehead atoms. The van der Waals surface area contributed by atoms with E-state index in [0.29, 0.717) is 6.61 Å². The number of allylic oxidation sites excluding steroid dienone is 1. The van der Waals surface area contributed by atoms with E-state index in [2.05, 4.69) is 9.89 Å². The molecule has 16 heavy (non-hydrogen) atoms. The summed E-state index contributed by atoms with van der Waals surface area (Å²) in [5.74, 6) is -0.218. The summed E-state index contributed by atoms with van der Waals surface area (Å²) in [6, 6.07) is 0. The van der Waals surface area contributed by atoms with Gasteiger partial charge in [-0.05, 0) is 12.2 Å². The SMILES string of the molecule is O=C1N=CC=CC1OCCN1CCOCC1. The summed E-state index contributed by atoms with van der Waals surface area (Å²) in [4.78, 5) is 17.2. The predicted octanol–water partition coefficient (Wildman–Crippen LogP) is -0.129. The molecule has 0 aromatic heterocycles. The van der Waals surface area contributed by atoms with E-state index in [0.717, 1.165) is 32.8 Å². The maximum atomic E-state index is 11.3. The van der Waals surface area contributed by atoms with E-state index in [4.69, 9.17) is 9.47 Å². The van der Waals surface area contributed by atoms with E-state index in [-0.39, 0.29) is 5.91 Å². The maximum Gasteiger partial charge on any atom is 0.278 e. The topological polar surface area (TPSA) is 51.1 Å². The molecule has 1 fully saturated rings. The smallest absolute Gasteiger partial charge is 0.278 e. The fourth-order valence-electron chi connectivity index (χ4n) is 1.68. The van der Waals surface area contributed by atoms with Gasteiger partial charge in [-0.25, -0.2) is 4.99 Å². The average Bonchev–Trinajstić information content (AvgIpc) is 2.33. The highest BCUT2D eigenvalue weighted by molar-refractivity contribution is 5.95. The van der Waals surface area contributed by atoms with Crippen molar-refractivity contribution in [3.63, 3.8) is 0 Å². The van der Waals surface area contributed by atoms with Crippen LogP contribution in [0.3, 0.4) is 0 Å². The van der Waals surface area contributed by atoms with Crippen LogP contribution in [-0.4, -0.2) is 62.6 Å². The first-order valence-electron chi connectivity index (χ1n) is 5.53. The van der Waals surface area contributed by atoms with Crippen LogP contribution in [0.2, 0.25) is 0 Å². The zero-order chi connectivity index (χ0) is 11.2. The molecule has 2 aliphatic rings. The third-order valence-corrected chi connectivity index (χ3v) is 2.63. The summed E-state index contributed by atoms with van der Waals surface area (Å²) in [5.41, 5.74) is 0. The van der Waals surface area contributed by atoms with Crippen molar-refractivity contribution in [2.45, 2.75) is 6.10 Å². The van der Waals surface area contributed by atoms with Gasteiger partial charge in [0.15, 0.2) is 6.10 Å². The minimum absolute atomic E-state index is 0.218. The highest BCUT2D eigenvalue weighted by Crippen LogP contribution is 2.03. The second-order valence-electron chi connectivity index (χ2n) is 3.75. The van der Waals surface area contributed by atoms with E-state index in [9.17, 15) is 4.79 Å². The number of nitrogens with zero attached hydrogens (tertiary/aromatic N) is 2. The number of carbonyl (C=O) groups is 1. The van der Waals surface area contributed by atoms with Crippen LogP contribution in [0.4, 0.5) is 0 Å². The van der Waals surface area contributed by atoms with Gasteiger partial charge in [0.05, 0.1) is 19.8 Å². The zero-order valence-electron chi connectivity index (χ0n) is 9.17. The van der Waals surface area contributed by atoms with E-state index in [1.807, 2.05) is 0 Å². The van der Waals surface area contributed by atoms with Gasteiger partial charge >= 0.3 is 0 Å². The molecule has 1 unspecified atom stereocenters. The Morgan fingerprint density at radius 3 is 3.06 bits per heavy atom. The first kappa shape index (κ1) is 11.4. The van der Waals surface area contributed by atoms with Crippen LogP contribution in [0.15, 0.2) is 17.1 Å². The molecule has 1 amide bonds. The van der Waals surface area contributed by atoms with Crippen LogP contribution in [0.5, 0.6) is 0 Å². The molecule has 0 N–H and O–H groups in total. The van der Waals surface area contributed by atoms with Gasteiger partial charge in [0.1, 0.15) is 0 Å². The van der Waals surface area contributed by atoms with Crippen LogP contribution in [0.1, 0.15) is 0 Å². The lowest BCUT2D eigenvalue weighted by Gasteiger charge is -2.26. The highest BCUT2D eigenvalue weighted by atomic mass is 16.5. The number of amides is 1. The van der Waals surface area contributed by atoms with Crippen LogP contribution in [-0.2, 0) is 14.3 Å². The van der Waals surface area contributed by atoms with Gasteiger partial charge in [0, 0.05) is 25.8 Å². The molecule has 0 aromatic rings. The molecule has 5 heteroatoms. The number of aliphatic imine (C=N–C) groups is 1. The van der Waals surface area contributed by atoms with Gasteiger partial charge in [0.25, 0.3) is 5.91 Å². The van der Waals surface area contributed by atoms with Gasteiger partial charge < -0.3 is 9.47 Å². The number of hydrogen-bond donors (Lipinski definition) is 0. The van der Waals surface area contributed by atoms with E-state index in [1.54, 1.807) is 12.2 Å². The number of morpholine rings is 1. The van der Waals surface area contributed by atoms with Crippen LogP contribution in [0, 0.1) is 0 Å². The number of dihydropyridines is 1. The maximum absolute atomic E-state index is 11.3. The summed E-state index contributed by atoms with van der Waals surface area (Å²) in [6.45, 7) is 4.84. The minimum Gasteiger partial charge on any atom is -0.379 e. The van der Waals surface area contributed by atoms with Crippen molar-refractivity contribution < 1.29 is 14.3 Å². The van der Waals surface area contributed by atoms with E-state index in [1.165, 1.54) is 6.21 Å². The monoisotopic (exact) mass is 224 g/mol. The Hall–Kier alpha value is -1.04. The molecular formula is C11H16N2O3. The second-order valence-corrected chi connectivity index (χ2v) is 3.75. The van der Waals surface area contributed by atoms with Crippen molar-refractivity contribution in [1.82, 2.24) is 4.90 Å². The Balaban J connectivity index is 1.65. The van der Waals surface area contributed by atoms with Gasteiger partial charge in [-0.3, -0.25) is 9.69 Å². The summed E-state index contributed by atoms with van der Waals surface area (Å²) in [7, 11) is 0. The molecule has 0 saturated carbocycles. The quantitative estimate of drug-likeness (QED) is 0.667. The molecule has 5 nitrogen and oxygen atoms in total. The molecule has 1 saturated heterocycles. The van der Waals surface area contributed by atoms with Crippen molar-refractivity contribution in [2.24, 2.45) is 4.99 Å². The number of hydrogen-bond acceptors (Lipinski definition) is 4. The lowest BCUT2D eigenvalue weighted by Crippen LogP contribution is -2.39. The Morgan fingerprint density at radius 1 is 1.50 bits per heavy atom. The summed E-state index contributed by atoms with van der Waals surface area (Å²) in [5, 5.41) is 0. The normalized spacial score (nSPS) is 26.2. The zero-order valence-corrected chi connectivity index (χ0v) is 9.17. The fourth-order valence-corrected chi connectivity index (χ4v) is 1.68. The Bertz CT molecular complexity index is 296. The molecule has 0 aromatic carbocycles. The van der Waals surface area contributed by atoms with E-state index < -0.39 is 6.10 Å². The van der Waals surface area contributed by atoms with Crippen molar-refractivity contribution in [3.8, 4) is 0 Å². The largest absolute Gasteiger partial charge is 0.379 e. The Labute approximate surface area is 94.7 Å². The lowest BCUT2D eigenvalue weighted by atomic mass is 10.2. The van der Waals surface area contributed by atoms with Gasteiger partial charge in [0.2, 0.25) is 0 Å². The summed E-state index contributed by atoms with van der Waals surface area (Å²) < 4.78 is 10.7. The number of ether oxygens (including phenoxy) is 2. The molecular weight excluding hydrogens is 208 g/mol. The fraction of sp³-hybridized carbons (Fsp3) is 0.636. The number of carbonyl (C=O) groups excluding carboxylic acids is 1. The Morgan fingerprint density at radius 2 is 2.31 bits per heavy atom. The first-order valence-corrected chi connectivity index (χ1v) is 5.53. The first-order chi connectivity index (χ1) is 7.86.